The lowest BCUT2D eigenvalue weighted by Crippen LogP contribution is -2.44. The van der Waals surface area contributed by atoms with Crippen molar-refractivity contribution < 1.29 is 37.3 Å². The van der Waals surface area contributed by atoms with Crippen molar-refractivity contribution in [2.24, 2.45) is 11.7 Å². The molecule has 112 valence electrons. The van der Waals surface area contributed by atoms with Crippen LogP contribution in [0.5, 0.6) is 0 Å². The molecule has 0 amide bonds. The van der Waals surface area contributed by atoms with Crippen LogP contribution in [0.2, 0.25) is 0 Å². The zero-order chi connectivity index (χ0) is 15.1. The highest BCUT2D eigenvalue weighted by molar-refractivity contribution is 5.73. The maximum atomic E-state index is 11.3. The molecule has 0 aromatic carbocycles. The van der Waals surface area contributed by atoms with Gasteiger partial charge in [-0.05, 0) is 13.3 Å². The van der Waals surface area contributed by atoms with E-state index in [0.29, 0.717) is 26.2 Å². The maximum Gasteiger partial charge on any atom is 0.490 e. The number of hydrogen-bond acceptors (Lipinski definition) is 5. The van der Waals surface area contributed by atoms with Crippen molar-refractivity contribution in [3.05, 3.63) is 0 Å². The third-order valence-electron chi connectivity index (χ3n) is 2.23. The molecule has 1 fully saturated rings. The van der Waals surface area contributed by atoms with E-state index in [9.17, 15) is 18.0 Å². The number of esters is 1. The van der Waals surface area contributed by atoms with Crippen molar-refractivity contribution in [2.75, 3.05) is 19.8 Å². The minimum atomic E-state index is -5.08. The molecule has 0 bridgehead atoms. The van der Waals surface area contributed by atoms with Crippen molar-refractivity contribution >= 4 is 11.9 Å². The van der Waals surface area contributed by atoms with Crippen LogP contribution < -0.4 is 5.73 Å². The number of carboxylic acid groups (broad SMARTS) is 1. The van der Waals surface area contributed by atoms with E-state index in [1.807, 2.05) is 0 Å². The first-order chi connectivity index (χ1) is 8.70. The van der Waals surface area contributed by atoms with Crippen LogP contribution in [-0.4, -0.2) is 49.1 Å². The number of nitrogens with two attached hydrogens (primary N) is 1. The molecule has 0 saturated carbocycles. The summed E-state index contributed by atoms with van der Waals surface area (Å²) in [6.45, 7) is 3.28. The number of halogens is 3. The fourth-order valence-corrected chi connectivity index (χ4v) is 1.30. The van der Waals surface area contributed by atoms with Crippen LogP contribution in [0.25, 0.3) is 0 Å². The van der Waals surface area contributed by atoms with E-state index in [-0.39, 0.29) is 17.9 Å². The van der Waals surface area contributed by atoms with E-state index < -0.39 is 12.1 Å². The van der Waals surface area contributed by atoms with E-state index in [0.717, 1.165) is 0 Å². The van der Waals surface area contributed by atoms with Crippen molar-refractivity contribution in [2.45, 2.75) is 25.6 Å². The molecular weight excluding hydrogens is 271 g/mol. The molecule has 0 aromatic rings. The molecule has 0 aromatic heterocycles. The van der Waals surface area contributed by atoms with Gasteiger partial charge in [-0.25, -0.2) is 4.79 Å². The molecule has 2 unspecified atom stereocenters. The average molecular weight is 287 g/mol. The van der Waals surface area contributed by atoms with E-state index in [2.05, 4.69) is 0 Å². The van der Waals surface area contributed by atoms with E-state index in [4.69, 9.17) is 25.1 Å². The molecule has 6 nitrogen and oxygen atoms in total. The van der Waals surface area contributed by atoms with Crippen LogP contribution in [0.3, 0.4) is 0 Å². The monoisotopic (exact) mass is 287 g/mol. The second kappa shape index (κ2) is 7.95. The Kier molecular flexibility index (Phi) is 7.38. The van der Waals surface area contributed by atoms with Crippen LogP contribution in [0, 0.1) is 5.92 Å². The molecule has 1 aliphatic rings. The van der Waals surface area contributed by atoms with Crippen molar-refractivity contribution in [1.29, 1.82) is 0 Å². The van der Waals surface area contributed by atoms with Gasteiger partial charge in [-0.3, -0.25) is 4.79 Å². The van der Waals surface area contributed by atoms with Gasteiger partial charge in [0, 0.05) is 12.6 Å². The van der Waals surface area contributed by atoms with Crippen LogP contribution in [0.1, 0.15) is 13.3 Å². The fourth-order valence-electron chi connectivity index (χ4n) is 1.30. The number of aliphatic carboxylic acids is 1. The second-order valence-corrected chi connectivity index (χ2v) is 3.69. The summed E-state index contributed by atoms with van der Waals surface area (Å²) in [6.07, 6.45) is -4.40. The molecule has 0 spiro atoms. The Balaban J connectivity index is 0.000000399. The fraction of sp³-hybridized carbons (Fsp3) is 0.800. The highest BCUT2D eigenvalue weighted by Crippen LogP contribution is 2.15. The standard InChI is InChI=1S/C8H15NO3.C2HF3O2/c1-2-12-8(10)6-3-4-11-5-7(6)9;3-2(4,5)1(6)7/h6-7H,2-5,9H2,1H3;(H,6,7). The zero-order valence-corrected chi connectivity index (χ0v) is 10.3. The first kappa shape index (κ1) is 17.6. The van der Waals surface area contributed by atoms with Crippen molar-refractivity contribution in [1.82, 2.24) is 0 Å². The summed E-state index contributed by atoms with van der Waals surface area (Å²) in [5.74, 6) is -3.11. The Morgan fingerprint density at radius 3 is 2.37 bits per heavy atom. The zero-order valence-electron chi connectivity index (χ0n) is 10.3. The quantitative estimate of drug-likeness (QED) is 0.719. The summed E-state index contributed by atoms with van der Waals surface area (Å²) in [6, 6.07) is -0.196. The van der Waals surface area contributed by atoms with Gasteiger partial charge >= 0.3 is 18.1 Å². The van der Waals surface area contributed by atoms with Gasteiger partial charge in [-0.15, -0.1) is 0 Å². The van der Waals surface area contributed by atoms with E-state index in [1.165, 1.54) is 0 Å². The smallest absolute Gasteiger partial charge is 0.475 e. The minimum absolute atomic E-state index is 0.168. The van der Waals surface area contributed by atoms with Gasteiger partial charge in [-0.2, -0.15) is 13.2 Å². The molecule has 0 radical (unpaired) electrons. The summed E-state index contributed by atoms with van der Waals surface area (Å²) in [7, 11) is 0. The van der Waals surface area contributed by atoms with Gasteiger partial charge in [0.15, 0.2) is 0 Å². The third-order valence-corrected chi connectivity index (χ3v) is 2.23. The summed E-state index contributed by atoms with van der Waals surface area (Å²) in [5.41, 5.74) is 5.68. The van der Waals surface area contributed by atoms with Gasteiger partial charge in [0.05, 0.1) is 19.1 Å². The topological polar surface area (TPSA) is 98.9 Å². The molecule has 19 heavy (non-hydrogen) atoms. The van der Waals surface area contributed by atoms with Crippen LogP contribution >= 0.6 is 0 Å². The first-order valence-electron chi connectivity index (χ1n) is 5.50. The summed E-state index contributed by atoms with van der Waals surface area (Å²) < 4.78 is 41.7. The van der Waals surface area contributed by atoms with Gasteiger partial charge < -0.3 is 20.3 Å². The first-order valence-corrected chi connectivity index (χ1v) is 5.50. The lowest BCUT2D eigenvalue weighted by Gasteiger charge is -2.26. The van der Waals surface area contributed by atoms with E-state index in [1.54, 1.807) is 6.92 Å². The average Bonchev–Trinajstić information content (AvgIpc) is 2.29. The van der Waals surface area contributed by atoms with Gasteiger partial charge in [0.25, 0.3) is 0 Å². The Hall–Kier alpha value is -1.35. The molecule has 9 heteroatoms. The Morgan fingerprint density at radius 1 is 1.47 bits per heavy atom. The van der Waals surface area contributed by atoms with Gasteiger partial charge in [-0.1, -0.05) is 0 Å². The Labute approximate surface area is 107 Å². The number of carbonyl (C=O) groups excluding carboxylic acids is 1. The normalized spacial score (nSPS) is 23.0. The molecule has 0 aliphatic carbocycles. The van der Waals surface area contributed by atoms with E-state index >= 15 is 0 Å². The highest BCUT2D eigenvalue weighted by atomic mass is 19.4. The SMILES string of the molecule is CCOC(=O)C1CCOCC1N.O=C(O)C(F)(F)F. The largest absolute Gasteiger partial charge is 0.490 e. The molecule has 1 rings (SSSR count). The number of carboxylic acids is 1. The van der Waals surface area contributed by atoms with Crippen LogP contribution in [-0.2, 0) is 19.1 Å². The summed E-state index contributed by atoms with van der Waals surface area (Å²) in [4.78, 5) is 20.1. The lowest BCUT2D eigenvalue weighted by molar-refractivity contribution is -0.192. The summed E-state index contributed by atoms with van der Waals surface area (Å²) >= 11 is 0. The second-order valence-electron chi connectivity index (χ2n) is 3.69. The summed E-state index contributed by atoms with van der Waals surface area (Å²) in [5, 5.41) is 7.12. The number of carbonyl (C=O) groups is 2. The Morgan fingerprint density at radius 2 is 2.00 bits per heavy atom. The predicted octanol–water partition coefficient (Wildman–Crippen LogP) is 0.547. The van der Waals surface area contributed by atoms with Gasteiger partial charge in [0.2, 0.25) is 0 Å². The van der Waals surface area contributed by atoms with Crippen molar-refractivity contribution in [3.8, 4) is 0 Å². The lowest BCUT2D eigenvalue weighted by atomic mass is 9.96. The minimum Gasteiger partial charge on any atom is -0.475 e. The highest BCUT2D eigenvalue weighted by Gasteiger charge is 2.38. The number of alkyl halides is 3. The molecule has 3 N–H and O–H groups in total. The molecule has 1 heterocycles. The Bertz CT molecular complexity index is 308. The molecular formula is C10H16F3NO5. The van der Waals surface area contributed by atoms with Crippen molar-refractivity contribution in [3.63, 3.8) is 0 Å². The van der Waals surface area contributed by atoms with Crippen LogP contribution in [0.15, 0.2) is 0 Å². The number of ether oxygens (including phenoxy) is 2. The van der Waals surface area contributed by atoms with Crippen LogP contribution in [0.4, 0.5) is 13.2 Å². The third kappa shape index (κ3) is 6.97. The predicted molar refractivity (Wildman–Crippen MR) is 57.2 cm³/mol. The number of hydrogen-bond donors (Lipinski definition) is 2. The molecule has 1 saturated heterocycles. The number of rotatable bonds is 2. The maximum absolute atomic E-state index is 11.3. The molecule has 1 aliphatic heterocycles. The van der Waals surface area contributed by atoms with Gasteiger partial charge in [0.1, 0.15) is 0 Å². The molecule has 2 atom stereocenters.